The molecule has 1 aromatic carbocycles. The van der Waals surface area contributed by atoms with E-state index in [0.29, 0.717) is 5.56 Å². The minimum Gasteiger partial charge on any atom is -0.438 e. The maximum atomic E-state index is 12.7. The summed E-state index contributed by atoms with van der Waals surface area (Å²) in [5, 5.41) is 10.7. The molecule has 28 heavy (non-hydrogen) atoms. The Kier molecular flexibility index (Phi) is 5.14. The SMILES string of the molecule is CS(=O)(=O)c1cc(Oc2cc(C#N)cc(-c3ccc(C(F)(F)F)cc3)n2)cs1. The van der Waals surface area contributed by atoms with E-state index in [9.17, 15) is 26.9 Å². The van der Waals surface area contributed by atoms with Crippen LogP contribution in [0.1, 0.15) is 11.1 Å². The van der Waals surface area contributed by atoms with Gasteiger partial charge in [0.2, 0.25) is 5.88 Å². The van der Waals surface area contributed by atoms with E-state index >= 15 is 0 Å². The second kappa shape index (κ2) is 7.26. The maximum Gasteiger partial charge on any atom is 0.416 e. The predicted octanol–water partition coefficient (Wildman–Crippen LogP) is 4.90. The monoisotopic (exact) mass is 424 g/mol. The van der Waals surface area contributed by atoms with Gasteiger partial charge in [0.1, 0.15) is 9.96 Å². The zero-order chi connectivity index (χ0) is 20.5. The van der Waals surface area contributed by atoms with Crippen molar-refractivity contribution in [2.75, 3.05) is 6.26 Å². The number of nitrogens with zero attached hydrogens (tertiary/aromatic N) is 2. The van der Waals surface area contributed by atoms with E-state index < -0.39 is 21.6 Å². The number of ether oxygens (including phenoxy) is 1. The number of thiophene rings is 1. The average molecular weight is 424 g/mol. The molecule has 0 aliphatic heterocycles. The fourth-order valence-corrected chi connectivity index (χ4v) is 3.98. The molecule has 0 unspecified atom stereocenters. The van der Waals surface area contributed by atoms with Crippen molar-refractivity contribution < 1.29 is 26.3 Å². The van der Waals surface area contributed by atoms with Crippen molar-refractivity contribution in [3.05, 3.63) is 59.0 Å². The van der Waals surface area contributed by atoms with Crippen molar-refractivity contribution in [3.63, 3.8) is 0 Å². The Hall–Kier alpha value is -2.90. The van der Waals surface area contributed by atoms with Crippen LogP contribution in [0.3, 0.4) is 0 Å². The highest BCUT2D eigenvalue weighted by Gasteiger charge is 2.30. The van der Waals surface area contributed by atoms with Crippen molar-refractivity contribution in [2.45, 2.75) is 10.4 Å². The highest BCUT2D eigenvalue weighted by Crippen LogP contribution is 2.33. The van der Waals surface area contributed by atoms with E-state index in [1.807, 2.05) is 6.07 Å². The molecule has 144 valence electrons. The Morgan fingerprint density at radius 3 is 2.36 bits per heavy atom. The van der Waals surface area contributed by atoms with Gasteiger partial charge >= 0.3 is 6.18 Å². The summed E-state index contributed by atoms with van der Waals surface area (Å²) in [5.74, 6) is 0.248. The third-order valence-corrected chi connectivity index (χ3v) is 6.32. The van der Waals surface area contributed by atoms with E-state index in [0.717, 1.165) is 29.7 Å². The molecule has 0 saturated heterocycles. The van der Waals surface area contributed by atoms with Crippen molar-refractivity contribution in [1.82, 2.24) is 4.98 Å². The van der Waals surface area contributed by atoms with Crippen molar-refractivity contribution in [2.24, 2.45) is 0 Å². The highest BCUT2D eigenvalue weighted by molar-refractivity contribution is 7.92. The van der Waals surface area contributed by atoms with E-state index in [-0.39, 0.29) is 27.1 Å². The van der Waals surface area contributed by atoms with Crippen molar-refractivity contribution >= 4 is 21.2 Å². The van der Waals surface area contributed by atoms with Gasteiger partial charge in [-0.2, -0.15) is 18.4 Å². The molecule has 2 heterocycles. The first-order valence-electron chi connectivity index (χ1n) is 7.62. The fourth-order valence-electron chi connectivity index (χ4n) is 2.27. The molecule has 0 atom stereocenters. The van der Waals surface area contributed by atoms with Gasteiger partial charge in [-0.3, -0.25) is 0 Å². The number of aromatic nitrogens is 1. The molecule has 0 aliphatic carbocycles. The van der Waals surface area contributed by atoms with Crippen molar-refractivity contribution in [3.8, 4) is 29.0 Å². The molecule has 3 aromatic rings. The van der Waals surface area contributed by atoms with Crippen LogP contribution in [0.25, 0.3) is 11.3 Å². The van der Waals surface area contributed by atoms with Gasteiger partial charge in [0, 0.05) is 29.3 Å². The molecule has 0 aliphatic rings. The average Bonchev–Trinajstić information content (AvgIpc) is 3.09. The summed E-state index contributed by atoms with van der Waals surface area (Å²) in [7, 11) is -3.38. The number of alkyl halides is 3. The minimum absolute atomic E-state index is 0.0202. The smallest absolute Gasteiger partial charge is 0.416 e. The molecule has 10 heteroatoms. The Balaban J connectivity index is 1.94. The predicted molar refractivity (Wildman–Crippen MR) is 96.9 cm³/mol. The lowest BCUT2D eigenvalue weighted by molar-refractivity contribution is -0.137. The van der Waals surface area contributed by atoms with Crippen LogP contribution in [-0.2, 0) is 16.0 Å². The summed E-state index contributed by atoms with van der Waals surface area (Å²) in [6.45, 7) is 0. The van der Waals surface area contributed by atoms with Crippen LogP contribution in [-0.4, -0.2) is 19.7 Å². The molecule has 0 saturated carbocycles. The first-order chi connectivity index (χ1) is 13.1. The Bertz CT molecular complexity index is 1160. The fraction of sp³-hybridized carbons (Fsp3) is 0.111. The zero-order valence-corrected chi connectivity index (χ0v) is 15.8. The molecule has 0 spiro atoms. The van der Waals surface area contributed by atoms with E-state index in [2.05, 4.69) is 4.98 Å². The number of pyridine rings is 1. The number of rotatable bonds is 4. The summed E-state index contributed by atoms with van der Waals surface area (Å²) in [6, 6.07) is 10.4. The topological polar surface area (TPSA) is 80.0 Å². The first-order valence-corrected chi connectivity index (χ1v) is 10.4. The molecule has 3 rings (SSSR count). The van der Waals surface area contributed by atoms with Crippen LogP contribution in [0.15, 0.2) is 52.1 Å². The second-order valence-corrected chi connectivity index (χ2v) is 8.90. The lowest BCUT2D eigenvalue weighted by Crippen LogP contribution is -2.04. The third kappa shape index (κ3) is 4.49. The van der Waals surface area contributed by atoms with Gasteiger partial charge in [0.15, 0.2) is 9.84 Å². The molecule has 0 fully saturated rings. The van der Waals surface area contributed by atoms with E-state index in [4.69, 9.17) is 4.74 Å². The molecule has 0 bridgehead atoms. The number of hydrogen-bond donors (Lipinski definition) is 0. The molecular formula is C18H11F3N2O3S2. The number of halogens is 3. The summed E-state index contributed by atoms with van der Waals surface area (Å²) in [5.41, 5.74) is 0.0210. The zero-order valence-electron chi connectivity index (χ0n) is 14.2. The van der Waals surface area contributed by atoms with Crippen LogP contribution in [0.5, 0.6) is 11.6 Å². The summed E-state index contributed by atoms with van der Waals surface area (Å²) < 4.78 is 66.9. The minimum atomic E-state index is -4.45. The molecular weight excluding hydrogens is 413 g/mol. The van der Waals surface area contributed by atoms with Gasteiger partial charge in [-0.15, -0.1) is 11.3 Å². The standard InChI is InChI=1S/C18H11F3N2O3S2/c1-28(24,25)17-8-14(10-27-17)26-16-7-11(9-22)6-15(23-16)12-2-4-13(5-3-12)18(19,20)21/h2-8,10H,1H3. The van der Waals surface area contributed by atoms with E-state index in [1.54, 1.807) is 0 Å². The van der Waals surface area contributed by atoms with Gasteiger partial charge in [-0.05, 0) is 18.2 Å². The van der Waals surface area contributed by atoms with Crippen LogP contribution < -0.4 is 4.74 Å². The lowest BCUT2D eigenvalue weighted by atomic mass is 10.1. The lowest BCUT2D eigenvalue weighted by Gasteiger charge is -2.09. The normalized spacial score (nSPS) is 11.8. The largest absolute Gasteiger partial charge is 0.438 e. The second-order valence-electron chi connectivity index (χ2n) is 5.74. The molecule has 0 N–H and O–H groups in total. The highest BCUT2D eigenvalue weighted by atomic mass is 32.2. The number of hydrogen-bond acceptors (Lipinski definition) is 6. The Morgan fingerprint density at radius 2 is 1.82 bits per heavy atom. The van der Waals surface area contributed by atoms with Gasteiger partial charge in [0.05, 0.1) is 22.9 Å². The number of sulfone groups is 1. The summed E-state index contributed by atoms with van der Waals surface area (Å²) in [4.78, 5) is 4.21. The summed E-state index contributed by atoms with van der Waals surface area (Å²) in [6.07, 6.45) is -3.38. The molecule has 5 nitrogen and oxygen atoms in total. The number of nitriles is 1. The van der Waals surface area contributed by atoms with Gasteiger partial charge in [-0.25, -0.2) is 13.4 Å². The van der Waals surface area contributed by atoms with Crippen molar-refractivity contribution in [1.29, 1.82) is 5.26 Å². The molecule has 0 amide bonds. The van der Waals surface area contributed by atoms with Crippen LogP contribution >= 0.6 is 11.3 Å². The molecule has 2 aromatic heterocycles. The molecule has 0 radical (unpaired) electrons. The van der Waals surface area contributed by atoms with Crippen LogP contribution in [0.4, 0.5) is 13.2 Å². The van der Waals surface area contributed by atoms with E-state index in [1.165, 1.54) is 35.7 Å². The van der Waals surface area contributed by atoms with Gasteiger partial charge in [0.25, 0.3) is 0 Å². The Morgan fingerprint density at radius 1 is 1.14 bits per heavy atom. The quantitative estimate of drug-likeness (QED) is 0.595. The Labute approximate surface area is 162 Å². The van der Waals surface area contributed by atoms with Gasteiger partial charge < -0.3 is 4.74 Å². The number of benzene rings is 1. The van der Waals surface area contributed by atoms with Gasteiger partial charge in [-0.1, -0.05) is 12.1 Å². The van der Waals surface area contributed by atoms with Crippen LogP contribution in [0, 0.1) is 11.3 Å². The first kappa shape index (κ1) is 19.9. The maximum absolute atomic E-state index is 12.7. The summed E-state index contributed by atoms with van der Waals surface area (Å²) >= 11 is 0.978. The third-order valence-electron chi connectivity index (χ3n) is 3.58. The van der Waals surface area contributed by atoms with Crippen LogP contribution in [0.2, 0.25) is 0 Å².